The Kier molecular flexibility index (Phi) is 4.60. The summed E-state index contributed by atoms with van der Waals surface area (Å²) in [6.07, 6.45) is 0. The highest BCUT2D eigenvalue weighted by Gasteiger charge is 2.21. The van der Waals surface area contributed by atoms with Gasteiger partial charge < -0.3 is 5.32 Å². The van der Waals surface area contributed by atoms with Crippen molar-refractivity contribution in [2.24, 2.45) is 0 Å². The monoisotopic (exact) mass is 332 g/mol. The van der Waals surface area contributed by atoms with Crippen molar-refractivity contribution in [3.05, 3.63) is 46.3 Å². The average Bonchev–Trinajstić information content (AvgIpc) is 2.89. The zero-order valence-corrected chi connectivity index (χ0v) is 13.0. The lowest BCUT2D eigenvalue weighted by Crippen LogP contribution is -2.14. The number of hydrogen-bond acceptors (Lipinski definition) is 4. The molecule has 0 aliphatic rings. The second kappa shape index (κ2) is 6.08. The standard InChI is InChI=1S/C13H14F2N2O2S2/c1-8-3-4-10(14)13(12(8)15)17-21(18,19)11-5-9(6-16-2)7-20-11/h3-5,7,16-17H,6H2,1-2H3. The maximum atomic E-state index is 13.9. The summed E-state index contributed by atoms with van der Waals surface area (Å²) in [5.41, 5.74) is 0.294. The summed E-state index contributed by atoms with van der Waals surface area (Å²) in [4.78, 5) is 0. The van der Waals surface area contributed by atoms with Crippen molar-refractivity contribution in [1.29, 1.82) is 0 Å². The lowest BCUT2D eigenvalue weighted by atomic mass is 10.2. The number of rotatable bonds is 5. The van der Waals surface area contributed by atoms with E-state index in [2.05, 4.69) is 5.32 Å². The summed E-state index contributed by atoms with van der Waals surface area (Å²) in [6.45, 7) is 1.95. The molecule has 1 aromatic carbocycles. The maximum Gasteiger partial charge on any atom is 0.271 e. The first-order chi connectivity index (χ1) is 9.85. The minimum Gasteiger partial charge on any atom is -0.316 e. The van der Waals surface area contributed by atoms with E-state index < -0.39 is 27.3 Å². The number of sulfonamides is 1. The van der Waals surface area contributed by atoms with Crippen molar-refractivity contribution >= 4 is 27.0 Å². The van der Waals surface area contributed by atoms with Crippen molar-refractivity contribution in [2.75, 3.05) is 11.8 Å². The van der Waals surface area contributed by atoms with Gasteiger partial charge in [-0.15, -0.1) is 11.3 Å². The number of thiophene rings is 1. The molecule has 21 heavy (non-hydrogen) atoms. The van der Waals surface area contributed by atoms with E-state index in [-0.39, 0.29) is 9.77 Å². The summed E-state index contributed by atoms with van der Waals surface area (Å²) >= 11 is 0.996. The highest BCUT2D eigenvalue weighted by atomic mass is 32.2. The molecule has 0 spiro atoms. The van der Waals surface area contributed by atoms with Crippen LogP contribution in [0, 0.1) is 18.6 Å². The second-order valence-corrected chi connectivity index (χ2v) is 7.28. The largest absolute Gasteiger partial charge is 0.316 e. The van der Waals surface area contributed by atoms with Gasteiger partial charge in [0.2, 0.25) is 0 Å². The number of aryl methyl sites for hydroxylation is 1. The molecular weight excluding hydrogens is 318 g/mol. The molecule has 1 heterocycles. The van der Waals surface area contributed by atoms with Crippen LogP contribution in [0.15, 0.2) is 27.8 Å². The summed E-state index contributed by atoms with van der Waals surface area (Å²) in [5.74, 6) is -1.86. The quantitative estimate of drug-likeness (QED) is 0.885. The Morgan fingerprint density at radius 2 is 2.00 bits per heavy atom. The third kappa shape index (κ3) is 3.39. The molecule has 114 valence electrons. The van der Waals surface area contributed by atoms with E-state index in [1.165, 1.54) is 19.1 Å². The molecule has 0 aliphatic carbocycles. The maximum absolute atomic E-state index is 13.9. The van der Waals surface area contributed by atoms with E-state index in [0.717, 1.165) is 23.0 Å². The van der Waals surface area contributed by atoms with E-state index in [4.69, 9.17) is 0 Å². The SMILES string of the molecule is CNCc1csc(S(=O)(=O)Nc2c(F)ccc(C)c2F)c1. The van der Waals surface area contributed by atoms with Crippen LogP contribution in [-0.4, -0.2) is 15.5 Å². The normalized spacial score (nSPS) is 11.6. The Labute approximate surface area is 125 Å². The Balaban J connectivity index is 2.35. The molecule has 0 saturated heterocycles. The number of nitrogens with one attached hydrogen (secondary N) is 2. The zero-order chi connectivity index (χ0) is 15.6. The molecule has 0 atom stereocenters. The topological polar surface area (TPSA) is 58.2 Å². The predicted octanol–water partition coefficient (Wildman–Crippen LogP) is 2.85. The van der Waals surface area contributed by atoms with Gasteiger partial charge in [-0.1, -0.05) is 6.07 Å². The fourth-order valence-electron chi connectivity index (χ4n) is 1.73. The molecule has 1 aromatic heterocycles. The molecule has 8 heteroatoms. The first-order valence-electron chi connectivity index (χ1n) is 6.04. The Morgan fingerprint density at radius 3 is 2.67 bits per heavy atom. The fraction of sp³-hybridized carbons (Fsp3) is 0.231. The molecule has 2 N–H and O–H groups in total. The third-order valence-electron chi connectivity index (χ3n) is 2.80. The van der Waals surface area contributed by atoms with Gasteiger partial charge in [0, 0.05) is 6.54 Å². The fourth-order valence-corrected chi connectivity index (χ4v) is 4.00. The highest BCUT2D eigenvalue weighted by molar-refractivity contribution is 7.94. The number of halogens is 2. The van der Waals surface area contributed by atoms with E-state index in [0.29, 0.717) is 6.54 Å². The van der Waals surface area contributed by atoms with Gasteiger partial charge in [-0.2, -0.15) is 0 Å². The van der Waals surface area contributed by atoms with Crippen LogP contribution in [0.5, 0.6) is 0 Å². The van der Waals surface area contributed by atoms with Gasteiger partial charge in [-0.05, 0) is 42.6 Å². The van der Waals surface area contributed by atoms with Crippen LogP contribution >= 0.6 is 11.3 Å². The van der Waals surface area contributed by atoms with E-state index in [1.54, 1.807) is 12.4 Å². The van der Waals surface area contributed by atoms with Crippen LogP contribution in [0.4, 0.5) is 14.5 Å². The summed E-state index contributed by atoms with van der Waals surface area (Å²) in [7, 11) is -2.27. The van der Waals surface area contributed by atoms with Crippen molar-refractivity contribution in [2.45, 2.75) is 17.7 Å². The molecule has 0 aliphatic heterocycles. The third-order valence-corrected chi connectivity index (χ3v) is 5.63. The molecule has 2 aromatic rings. The van der Waals surface area contributed by atoms with Gasteiger partial charge in [0.15, 0.2) is 5.82 Å². The van der Waals surface area contributed by atoms with E-state index in [1.807, 2.05) is 4.72 Å². The summed E-state index contributed by atoms with van der Waals surface area (Å²) in [6, 6.07) is 3.74. The van der Waals surface area contributed by atoms with Crippen LogP contribution < -0.4 is 10.0 Å². The molecule has 0 saturated carbocycles. The molecule has 4 nitrogen and oxygen atoms in total. The van der Waals surface area contributed by atoms with Gasteiger partial charge in [0.25, 0.3) is 10.0 Å². The Bertz CT molecular complexity index is 758. The first kappa shape index (κ1) is 15.9. The lowest BCUT2D eigenvalue weighted by molar-refractivity contribution is 0.579. The van der Waals surface area contributed by atoms with Crippen molar-refractivity contribution in [3.63, 3.8) is 0 Å². The van der Waals surface area contributed by atoms with Crippen LogP contribution in [0.25, 0.3) is 0 Å². The van der Waals surface area contributed by atoms with Crippen LogP contribution in [0.1, 0.15) is 11.1 Å². The molecule has 2 rings (SSSR count). The number of hydrogen-bond donors (Lipinski definition) is 2. The van der Waals surface area contributed by atoms with Gasteiger partial charge in [0.1, 0.15) is 15.7 Å². The van der Waals surface area contributed by atoms with Crippen molar-refractivity contribution in [1.82, 2.24) is 5.32 Å². The molecule has 0 unspecified atom stereocenters. The minimum atomic E-state index is -4.01. The van der Waals surface area contributed by atoms with E-state index >= 15 is 0 Å². The lowest BCUT2D eigenvalue weighted by Gasteiger charge is -2.09. The summed E-state index contributed by atoms with van der Waals surface area (Å²) in [5, 5.41) is 4.57. The van der Waals surface area contributed by atoms with Crippen molar-refractivity contribution in [3.8, 4) is 0 Å². The average molecular weight is 332 g/mol. The zero-order valence-electron chi connectivity index (χ0n) is 11.4. The highest BCUT2D eigenvalue weighted by Crippen LogP contribution is 2.27. The molecule has 0 fully saturated rings. The summed E-state index contributed by atoms with van der Waals surface area (Å²) < 4.78 is 53.8. The molecule has 0 amide bonds. The Hall–Kier alpha value is -1.51. The van der Waals surface area contributed by atoms with Gasteiger partial charge >= 0.3 is 0 Å². The van der Waals surface area contributed by atoms with Gasteiger partial charge in [-0.3, -0.25) is 4.72 Å². The first-order valence-corrected chi connectivity index (χ1v) is 8.41. The molecule has 0 radical (unpaired) electrons. The van der Waals surface area contributed by atoms with E-state index in [9.17, 15) is 17.2 Å². The Morgan fingerprint density at radius 1 is 1.29 bits per heavy atom. The van der Waals surface area contributed by atoms with Crippen molar-refractivity contribution < 1.29 is 17.2 Å². The van der Waals surface area contributed by atoms with Crippen LogP contribution in [-0.2, 0) is 16.6 Å². The molecule has 0 bridgehead atoms. The van der Waals surface area contributed by atoms with Crippen LogP contribution in [0.3, 0.4) is 0 Å². The van der Waals surface area contributed by atoms with Crippen LogP contribution in [0.2, 0.25) is 0 Å². The number of anilines is 1. The predicted molar refractivity (Wildman–Crippen MR) is 79.0 cm³/mol. The second-order valence-electron chi connectivity index (χ2n) is 4.46. The minimum absolute atomic E-state index is 0.00746. The smallest absolute Gasteiger partial charge is 0.271 e. The molecular formula is C13H14F2N2O2S2. The van der Waals surface area contributed by atoms with Gasteiger partial charge in [0.05, 0.1) is 0 Å². The van der Waals surface area contributed by atoms with Gasteiger partial charge in [-0.25, -0.2) is 17.2 Å². The number of benzene rings is 1.